The van der Waals surface area contributed by atoms with Crippen molar-refractivity contribution >= 4 is 5.78 Å². The molecule has 0 fully saturated rings. The summed E-state index contributed by atoms with van der Waals surface area (Å²) < 4.78 is 3.49. The highest BCUT2D eigenvalue weighted by molar-refractivity contribution is 5.64. The summed E-state index contributed by atoms with van der Waals surface area (Å²) in [5.74, 6) is 0.602. The molecule has 0 spiro atoms. The Morgan fingerprint density at radius 1 is 1.12 bits per heavy atom. The van der Waals surface area contributed by atoms with Gasteiger partial charge < -0.3 is 0 Å². The van der Waals surface area contributed by atoms with Crippen molar-refractivity contribution in [3.63, 3.8) is 0 Å². The van der Waals surface area contributed by atoms with Crippen molar-refractivity contribution in [3.05, 3.63) is 30.6 Å². The van der Waals surface area contributed by atoms with Crippen LogP contribution in [0.2, 0.25) is 0 Å². The Morgan fingerprint density at radius 3 is 2.75 bits per heavy atom. The number of rotatable bonds is 1. The Morgan fingerprint density at radius 2 is 2.00 bits per heavy atom. The molecule has 3 heterocycles. The van der Waals surface area contributed by atoms with Crippen LogP contribution in [0.15, 0.2) is 24.9 Å². The van der Waals surface area contributed by atoms with E-state index in [9.17, 15) is 0 Å². The monoisotopic (exact) mass is 214 g/mol. The van der Waals surface area contributed by atoms with Crippen molar-refractivity contribution in [2.75, 3.05) is 0 Å². The maximum absolute atomic E-state index is 4.22. The third-order valence-corrected chi connectivity index (χ3v) is 2.68. The van der Waals surface area contributed by atoms with Gasteiger partial charge in [0, 0.05) is 36.3 Å². The second-order valence-electron chi connectivity index (χ2n) is 3.61. The lowest BCUT2D eigenvalue weighted by Gasteiger charge is -2.00. The van der Waals surface area contributed by atoms with E-state index in [4.69, 9.17) is 0 Å². The van der Waals surface area contributed by atoms with Crippen molar-refractivity contribution in [3.8, 4) is 11.1 Å². The lowest BCUT2D eigenvalue weighted by molar-refractivity contribution is 0.740. The van der Waals surface area contributed by atoms with E-state index in [-0.39, 0.29) is 0 Å². The molecular formula is C10H10N6. The van der Waals surface area contributed by atoms with Crippen LogP contribution in [0, 0.1) is 6.92 Å². The fourth-order valence-corrected chi connectivity index (χ4v) is 1.64. The van der Waals surface area contributed by atoms with Crippen LogP contribution in [-0.4, -0.2) is 29.4 Å². The standard InChI is InChI=1S/C10H10N6/c1-7-9(4-13-15(7)2)8-3-11-10-12-6-14-16(10)5-8/h3-6H,1-2H3. The van der Waals surface area contributed by atoms with Crippen LogP contribution < -0.4 is 0 Å². The summed E-state index contributed by atoms with van der Waals surface area (Å²) in [6, 6.07) is 0. The predicted octanol–water partition coefficient (Wildman–Crippen LogP) is 0.833. The summed E-state index contributed by atoms with van der Waals surface area (Å²) in [6.45, 7) is 2.02. The lowest BCUT2D eigenvalue weighted by Crippen LogP contribution is -1.94. The molecule has 0 radical (unpaired) electrons. The second kappa shape index (κ2) is 3.13. The summed E-state index contributed by atoms with van der Waals surface area (Å²) in [6.07, 6.45) is 7.00. The van der Waals surface area contributed by atoms with Gasteiger partial charge in [-0.15, -0.1) is 0 Å². The molecule has 0 saturated heterocycles. The highest BCUT2D eigenvalue weighted by Crippen LogP contribution is 2.21. The van der Waals surface area contributed by atoms with Gasteiger partial charge in [-0.2, -0.15) is 15.2 Å². The fourth-order valence-electron chi connectivity index (χ4n) is 1.64. The third-order valence-electron chi connectivity index (χ3n) is 2.68. The molecule has 0 bridgehead atoms. The van der Waals surface area contributed by atoms with Crippen molar-refractivity contribution in [2.45, 2.75) is 6.92 Å². The molecule has 0 aliphatic carbocycles. The zero-order valence-electron chi connectivity index (χ0n) is 8.99. The second-order valence-corrected chi connectivity index (χ2v) is 3.61. The van der Waals surface area contributed by atoms with Gasteiger partial charge in [0.15, 0.2) is 0 Å². The minimum atomic E-state index is 0.602. The van der Waals surface area contributed by atoms with E-state index in [0.717, 1.165) is 16.8 Å². The van der Waals surface area contributed by atoms with Crippen LogP contribution in [-0.2, 0) is 7.05 Å². The van der Waals surface area contributed by atoms with Crippen molar-refractivity contribution < 1.29 is 0 Å². The molecule has 3 rings (SSSR count). The van der Waals surface area contributed by atoms with Crippen molar-refractivity contribution in [1.29, 1.82) is 0 Å². The molecule has 0 aromatic carbocycles. The van der Waals surface area contributed by atoms with Crippen LogP contribution in [0.3, 0.4) is 0 Å². The van der Waals surface area contributed by atoms with Gasteiger partial charge in [0.05, 0.1) is 6.20 Å². The molecule has 0 unspecified atom stereocenters. The van der Waals surface area contributed by atoms with E-state index in [1.807, 2.05) is 31.0 Å². The van der Waals surface area contributed by atoms with Crippen LogP contribution in [0.25, 0.3) is 16.9 Å². The Hall–Kier alpha value is -2.24. The van der Waals surface area contributed by atoms with E-state index < -0.39 is 0 Å². The van der Waals surface area contributed by atoms with Crippen LogP contribution in [0.1, 0.15) is 5.69 Å². The maximum atomic E-state index is 4.22. The fraction of sp³-hybridized carbons (Fsp3) is 0.200. The Kier molecular flexibility index (Phi) is 1.76. The molecule has 16 heavy (non-hydrogen) atoms. The van der Waals surface area contributed by atoms with Crippen molar-refractivity contribution in [1.82, 2.24) is 29.4 Å². The van der Waals surface area contributed by atoms with Crippen LogP contribution in [0.4, 0.5) is 0 Å². The van der Waals surface area contributed by atoms with Gasteiger partial charge in [-0.1, -0.05) is 0 Å². The molecule has 0 saturated carbocycles. The molecule has 80 valence electrons. The first-order chi connectivity index (χ1) is 7.75. The van der Waals surface area contributed by atoms with Gasteiger partial charge in [-0.3, -0.25) is 4.68 Å². The van der Waals surface area contributed by atoms with Crippen LogP contribution >= 0.6 is 0 Å². The first-order valence-electron chi connectivity index (χ1n) is 4.90. The highest BCUT2D eigenvalue weighted by atomic mass is 15.3. The largest absolute Gasteiger partial charge is 0.272 e. The first-order valence-corrected chi connectivity index (χ1v) is 4.90. The van der Waals surface area contributed by atoms with Gasteiger partial charge >= 0.3 is 0 Å². The minimum absolute atomic E-state index is 0.602. The van der Waals surface area contributed by atoms with E-state index in [0.29, 0.717) is 5.78 Å². The van der Waals surface area contributed by atoms with E-state index >= 15 is 0 Å². The van der Waals surface area contributed by atoms with E-state index in [2.05, 4.69) is 20.2 Å². The number of hydrogen-bond acceptors (Lipinski definition) is 4. The van der Waals surface area contributed by atoms with Gasteiger partial charge in [-0.05, 0) is 6.92 Å². The predicted molar refractivity (Wildman–Crippen MR) is 57.7 cm³/mol. The molecular weight excluding hydrogens is 204 g/mol. The molecule has 0 N–H and O–H groups in total. The molecule has 3 aromatic heterocycles. The smallest absolute Gasteiger partial charge is 0.252 e. The lowest BCUT2D eigenvalue weighted by atomic mass is 10.1. The van der Waals surface area contributed by atoms with Crippen LogP contribution in [0.5, 0.6) is 0 Å². The number of aryl methyl sites for hydroxylation is 1. The molecule has 0 amide bonds. The highest BCUT2D eigenvalue weighted by Gasteiger charge is 2.08. The van der Waals surface area contributed by atoms with Gasteiger partial charge in [0.2, 0.25) is 0 Å². The molecule has 0 aliphatic heterocycles. The zero-order chi connectivity index (χ0) is 11.1. The topological polar surface area (TPSA) is 60.9 Å². The Balaban J connectivity index is 2.21. The number of hydrogen-bond donors (Lipinski definition) is 0. The molecule has 6 heteroatoms. The quantitative estimate of drug-likeness (QED) is 0.602. The van der Waals surface area contributed by atoms with E-state index in [1.54, 1.807) is 10.7 Å². The number of aromatic nitrogens is 6. The SMILES string of the molecule is Cc1c(-c2cnc3ncnn3c2)cnn1C. The van der Waals surface area contributed by atoms with Gasteiger partial charge in [0.25, 0.3) is 5.78 Å². The molecule has 3 aromatic rings. The number of nitrogens with zero attached hydrogens (tertiary/aromatic N) is 6. The van der Waals surface area contributed by atoms with E-state index in [1.165, 1.54) is 6.33 Å². The maximum Gasteiger partial charge on any atom is 0.252 e. The Bertz CT molecular complexity index is 650. The zero-order valence-corrected chi connectivity index (χ0v) is 8.99. The summed E-state index contributed by atoms with van der Waals surface area (Å²) >= 11 is 0. The minimum Gasteiger partial charge on any atom is -0.272 e. The third kappa shape index (κ3) is 1.19. The summed E-state index contributed by atoms with van der Waals surface area (Å²) in [5, 5.41) is 8.26. The molecule has 0 atom stereocenters. The summed E-state index contributed by atoms with van der Waals surface area (Å²) in [7, 11) is 1.92. The van der Waals surface area contributed by atoms with Gasteiger partial charge in [0.1, 0.15) is 6.33 Å². The number of fused-ring (bicyclic) bond motifs is 1. The van der Waals surface area contributed by atoms with Gasteiger partial charge in [-0.25, -0.2) is 9.50 Å². The molecule has 0 aliphatic rings. The summed E-state index contributed by atoms with van der Waals surface area (Å²) in [4.78, 5) is 8.22. The normalized spacial score (nSPS) is 11.1. The summed E-state index contributed by atoms with van der Waals surface area (Å²) in [5.41, 5.74) is 3.15. The first kappa shape index (κ1) is 9.02. The average molecular weight is 214 g/mol. The average Bonchev–Trinajstić information content (AvgIpc) is 2.86. The van der Waals surface area contributed by atoms with Crippen molar-refractivity contribution in [2.24, 2.45) is 7.05 Å². The Labute approximate surface area is 91.6 Å². The molecule has 6 nitrogen and oxygen atoms in total.